The van der Waals surface area contributed by atoms with E-state index in [1.807, 2.05) is 60.9 Å². The number of hydrogen-bond donors (Lipinski definition) is 0. The van der Waals surface area contributed by atoms with Crippen molar-refractivity contribution in [3.8, 4) is 0 Å². The predicted octanol–water partition coefficient (Wildman–Crippen LogP) is 2.79. The Balaban J connectivity index is 0.000000547. The van der Waals surface area contributed by atoms with E-state index in [1.54, 1.807) is 0 Å². The second-order valence-corrected chi connectivity index (χ2v) is 7.79. The van der Waals surface area contributed by atoms with Crippen molar-refractivity contribution in [3.63, 3.8) is 0 Å². The second kappa shape index (κ2) is 12.3. The Morgan fingerprint density at radius 1 is 0.920 bits per heavy atom. The van der Waals surface area contributed by atoms with Crippen molar-refractivity contribution in [1.82, 2.24) is 0 Å². The van der Waals surface area contributed by atoms with Gasteiger partial charge in [0.25, 0.3) is 0 Å². The topological polar surface area (TPSA) is 159 Å². The molecule has 25 heavy (non-hydrogen) atoms. The van der Waals surface area contributed by atoms with Crippen molar-refractivity contribution in [2.45, 2.75) is 20.8 Å². The zero-order chi connectivity index (χ0) is 19.2. The molecule has 0 N–H and O–H groups in total. The smallest absolute Gasteiger partial charge is 0.370 e. The molecule has 0 atom stereocenters. The molecule has 11 nitrogen and oxygen atoms in total. The van der Waals surface area contributed by atoms with Gasteiger partial charge in [-0.2, -0.15) is 0 Å². The molecule has 138 valence electrons. The Kier molecular flexibility index (Phi) is 11.2. The SMILES string of the molecule is CCO[Si](OCC)(OCC)c1ccccc1.[N-]=[N+]=NS(=O)(=O)N=[N+]=[N-]. The summed E-state index contributed by atoms with van der Waals surface area (Å²) >= 11 is 0. The van der Waals surface area contributed by atoms with Gasteiger partial charge in [0.2, 0.25) is 0 Å². The van der Waals surface area contributed by atoms with Gasteiger partial charge in [0.15, 0.2) is 0 Å². The van der Waals surface area contributed by atoms with Gasteiger partial charge in [-0.05, 0) is 31.8 Å². The zero-order valence-electron chi connectivity index (χ0n) is 14.1. The average molecular weight is 388 g/mol. The van der Waals surface area contributed by atoms with Crippen LogP contribution in [0.2, 0.25) is 0 Å². The minimum Gasteiger partial charge on any atom is -0.370 e. The molecule has 0 aliphatic rings. The molecule has 0 aliphatic carbocycles. The zero-order valence-corrected chi connectivity index (χ0v) is 16.0. The minimum atomic E-state index is -4.27. The number of nitrogens with zero attached hydrogens (tertiary/aromatic N) is 6. The van der Waals surface area contributed by atoms with Crippen molar-refractivity contribution < 1.29 is 21.7 Å². The van der Waals surface area contributed by atoms with Gasteiger partial charge in [0.05, 0.1) is 0 Å². The Morgan fingerprint density at radius 2 is 1.32 bits per heavy atom. The van der Waals surface area contributed by atoms with E-state index < -0.39 is 19.0 Å². The largest absolute Gasteiger partial charge is 0.537 e. The highest BCUT2D eigenvalue weighted by atomic mass is 32.2. The molecule has 13 heteroatoms. The monoisotopic (exact) mass is 388 g/mol. The van der Waals surface area contributed by atoms with Gasteiger partial charge in [0, 0.05) is 43.9 Å². The molecule has 0 saturated heterocycles. The van der Waals surface area contributed by atoms with Crippen LogP contribution in [0.25, 0.3) is 20.9 Å². The molecule has 0 fully saturated rings. The van der Waals surface area contributed by atoms with Gasteiger partial charge >= 0.3 is 19.0 Å². The van der Waals surface area contributed by atoms with Crippen LogP contribution in [-0.4, -0.2) is 37.0 Å². The Bertz CT molecular complexity index is 663. The average Bonchev–Trinajstić information content (AvgIpc) is 2.57. The lowest BCUT2D eigenvalue weighted by Gasteiger charge is -2.28. The highest BCUT2D eigenvalue weighted by Crippen LogP contribution is 2.10. The third-order valence-corrected chi connectivity index (χ3v) is 6.02. The number of rotatable bonds is 9. The van der Waals surface area contributed by atoms with Crippen LogP contribution in [0.5, 0.6) is 0 Å². The summed E-state index contributed by atoms with van der Waals surface area (Å²) in [7, 11) is -6.94. The van der Waals surface area contributed by atoms with Crippen molar-refractivity contribution in [3.05, 3.63) is 51.2 Å². The van der Waals surface area contributed by atoms with Crippen LogP contribution in [0, 0.1) is 0 Å². The van der Waals surface area contributed by atoms with E-state index in [0.29, 0.717) is 19.8 Å². The Hall–Kier alpha value is -2.11. The Morgan fingerprint density at radius 3 is 1.64 bits per heavy atom. The molecule has 1 rings (SSSR count). The minimum absolute atomic E-state index is 0.598. The standard InChI is InChI=1S/C12H20O3Si.N6O2S/c1-4-13-16(14-5-2,15-6-3)12-10-8-7-9-11-12;1-3-5-9(7,8)6-4-2/h7-11H,4-6H2,1-3H3;. The maximum atomic E-state index is 9.99. The molecular formula is C12H20N6O5SSi. The van der Waals surface area contributed by atoms with Crippen LogP contribution in [-0.2, 0) is 23.5 Å². The van der Waals surface area contributed by atoms with E-state index in [1.165, 1.54) is 0 Å². The van der Waals surface area contributed by atoms with Gasteiger partial charge in [-0.15, -0.1) is 0 Å². The summed E-state index contributed by atoms with van der Waals surface area (Å²) in [6, 6.07) is 9.95. The summed E-state index contributed by atoms with van der Waals surface area (Å²) in [6.07, 6.45) is 0. The third kappa shape index (κ3) is 8.51. The Labute approximate surface area is 147 Å². The first-order valence-electron chi connectivity index (χ1n) is 7.26. The lowest BCUT2D eigenvalue weighted by atomic mass is 10.4. The summed E-state index contributed by atoms with van der Waals surface area (Å²) in [6.45, 7) is 7.68. The van der Waals surface area contributed by atoms with Crippen molar-refractivity contribution in [2.75, 3.05) is 19.8 Å². The number of hydrogen-bond acceptors (Lipinski definition) is 5. The van der Waals surface area contributed by atoms with E-state index in [2.05, 4.69) is 9.04 Å². The van der Waals surface area contributed by atoms with Crippen LogP contribution in [0.1, 0.15) is 20.8 Å². The fourth-order valence-corrected chi connectivity index (χ4v) is 4.40. The van der Waals surface area contributed by atoms with E-state index in [0.717, 1.165) is 5.19 Å². The maximum absolute atomic E-state index is 9.99. The van der Waals surface area contributed by atoms with Crippen LogP contribution < -0.4 is 5.19 Å². The summed E-state index contributed by atoms with van der Waals surface area (Å²) < 4.78 is 41.7. The molecule has 0 amide bonds. The lowest BCUT2D eigenvalue weighted by molar-refractivity contribution is 0.0859. The third-order valence-electron chi connectivity index (χ3n) is 2.41. The molecule has 0 heterocycles. The first-order valence-corrected chi connectivity index (χ1v) is 10.4. The molecule has 0 saturated carbocycles. The van der Waals surface area contributed by atoms with Crippen molar-refractivity contribution >= 4 is 24.2 Å². The van der Waals surface area contributed by atoms with Gasteiger partial charge in [0.1, 0.15) is 0 Å². The normalized spacial score (nSPS) is 10.7. The first kappa shape index (κ1) is 22.9. The summed E-state index contributed by atoms with van der Waals surface area (Å²) in [5, 5.41) is 1.03. The van der Waals surface area contributed by atoms with E-state index in [4.69, 9.17) is 24.3 Å². The van der Waals surface area contributed by atoms with E-state index >= 15 is 0 Å². The van der Waals surface area contributed by atoms with Crippen molar-refractivity contribution in [2.24, 2.45) is 9.04 Å². The lowest BCUT2D eigenvalue weighted by Crippen LogP contribution is -2.56. The predicted molar refractivity (Wildman–Crippen MR) is 93.9 cm³/mol. The number of benzene rings is 1. The fourth-order valence-electron chi connectivity index (χ4n) is 1.70. The van der Waals surface area contributed by atoms with Crippen LogP contribution in [0.15, 0.2) is 39.4 Å². The van der Waals surface area contributed by atoms with Crippen LogP contribution in [0.4, 0.5) is 0 Å². The molecule has 0 spiro atoms. The van der Waals surface area contributed by atoms with Gasteiger partial charge in [-0.1, -0.05) is 30.3 Å². The summed E-state index contributed by atoms with van der Waals surface area (Å²) in [5.41, 5.74) is 15.0. The molecule has 1 aromatic rings. The second-order valence-electron chi connectivity index (χ2n) is 4.01. The molecule has 1 aromatic carbocycles. The quantitative estimate of drug-likeness (QED) is 0.275. The highest BCUT2D eigenvalue weighted by molar-refractivity contribution is 7.88. The first-order chi connectivity index (χ1) is 11.9. The van der Waals surface area contributed by atoms with Gasteiger partial charge in [-0.3, -0.25) is 0 Å². The molecular weight excluding hydrogens is 368 g/mol. The van der Waals surface area contributed by atoms with Crippen molar-refractivity contribution in [1.29, 1.82) is 0 Å². The van der Waals surface area contributed by atoms with Gasteiger partial charge in [-0.25, -0.2) is 8.42 Å². The highest BCUT2D eigenvalue weighted by Gasteiger charge is 2.42. The number of azide groups is 1. The molecule has 0 bridgehead atoms. The van der Waals surface area contributed by atoms with E-state index in [-0.39, 0.29) is 0 Å². The summed E-state index contributed by atoms with van der Waals surface area (Å²) in [4.78, 5) is 3.80. The molecule has 0 aliphatic heterocycles. The summed E-state index contributed by atoms with van der Waals surface area (Å²) in [5.74, 6) is 0. The van der Waals surface area contributed by atoms with Crippen LogP contribution >= 0.6 is 0 Å². The van der Waals surface area contributed by atoms with E-state index in [9.17, 15) is 8.42 Å². The fraction of sp³-hybridized carbons (Fsp3) is 0.500. The molecule has 0 unspecified atom stereocenters. The molecule has 0 radical (unpaired) electrons. The van der Waals surface area contributed by atoms with Gasteiger partial charge < -0.3 is 13.3 Å². The van der Waals surface area contributed by atoms with Crippen LogP contribution in [0.3, 0.4) is 0 Å². The maximum Gasteiger partial charge on any atom is 0.537 e. The molecule has 0 aromatic heterocycles.